The Hall–Kier alpha value is -1.20. The summed E-state index contributed by atoms with van der Waals surface area (Å²) in [5.41, 5.74) is 0.820. The Morgan fingerprint density at radius 3 is 3.00 bits per heavy atom. The fraction of sp³-hybridized carbons (Fsp3) is 0.182. The Morgan fingerprint density at radius 2 is 2.29 bits per heavy atom. The second-order valence-electron chi connectivity index (χ2n) is 3.24. The molecular formula is C11H9BrClNO3. The SMILES string of the molecule is CCOC(=O)Oc1[nH]c2ccc(Cl)cc2c1Br. The summed E-state index contributed by atoms with van der Waals surface area (Å²) in [6.45, 7) is 1.98. The number of carbonyl (C=O) groups excluding carboxylic acids is 1. The molecule has 0 spiro atoms. The average molecular weight is 319 g/mol. The highest BCUT2D eigenvalue weighted by Gasteiger charge is 2.14. The Balaban J connectivity index is 2.35. The molecule has 0 unspecified atom stereocenters. The van der Waals surface area contributed by atoms with E-state index in [-0.39, 0.29) is 6.61 Å². The zero-order valence-electron chi connectivity index (χ0n) is 8.92. The summed E-state index contributed by atoms with van der Waals surface area (Å²) in [5.74, 6) is 0.306. The molecule has 1 aromatic carbocycles. The summed E-state index contributed by atoms with van der Waals surface area (Å²) in [7, 11) is 0. The molecule has 4 nitrogen and oxygen atoms in total. The van der Waals surface area contributed by atoms with E-state index in [0.29, 0.717) is 15.4 Å². The maximum Gasteiger partial charge on any atom is 0.515 e. The molecule has 0 amide bonds. The van der Waals surface area contributed by atoms with Crippen molar-refractivity contribution in [2.75, 3.05) is 6.61 Å². The summed E-state index contributed by atoms with van der Waals surface area (Å²) < 4.78 is 10.3. The quantitative estimate of drug-likeness (QED) is 0.847. The van der Waals surface area contributed by atoms with Gasteiger partial charge in [0.2, 0.25) is 5.88 Å². The summed E-state index contributed by atoms with van der Waals surface area (Å²) in [6.07, 6.45) is -0.745. The predicted molar refractivity (Wildman–Crippen MR) is 68.7 cm³/mol. The summed E-state index contributed by atoms with van der Waals surface area (Å²) in [4.78, 5) is 14.1. The number of carbonyl (C=O) groups is 1. The minimum absolute atomic E-state index is 0.266. The lowest BCUT2D eigenvalue weighted by atomic mass is 10.2. The van der Waals surface area contributed by atoms with Crippen LogP contribution in [0.1, 0.15) is 6.92 Å². The third-order valence-electron chi connectivity index (χ3n) is 2.11. The lowest BCUT2D eigenvalue weighted by Gasteiger charge is -2.01. The van der Waals surface area contributed by atoms with E-state index in [1.807, 2.05) is 0 Å². The van der Waals surface area contributed by atoms with Crippen molar-refractivity contribution in [1.82, 2.24) is 4.98 Å². The summed E-state index contributed by atoms with van der Waals surface area (Å²) >= 11 is 9.23. The predicted octanol–water partition coefficient (Wildman–Crippen LogP) is 4.12. The van der Waals surface area contributed by atoms with Gasteiger partial charge in [0.05, 0.1) is 11.1 Å². The molecule has 0 saturated heterocycles. The Bertz CT molecular complexity index is 567. The van der Waals surface area contributed by atoms with Gasteiger partial charge in [-0.1, -0.05) is 11.6 Å². The van der Waals surface area contributed by atoms with E-state index in [0.717, 1.165) is 10.9 Å². The molecule has 1 N–H and O–H groups in total. The first-order chi connectivity index (χ1) is 8.11. The van der Waals surface area contributed by atoms with Crippen LogP contribution in [0.4, 0.5) is 4.79 Å². The summed E-state index contributed by atoms with van der Waals surface area (Å²) in [5, 5.41) is 1.46. The first-order valence-corrected chi connectivity index (χ1v) is 6.10. The number of fused-ring (bicyclic) bond motifs is 1. The second-order valence-corrected chi connectivity index (χ2v) is 4.47. The van der Waals surface area contributed by atoms with Crippen molar-refractivity contribution in [3.63, 3.8) is 0 Å². The Labute approximate surface area is 111 Å². The number of H-pyrrole nitrogens is 1. The fourth-order valence-corrected chi connectivity index (χ4v) is 2.09. The number of hydrogen-bond donors (Lipinski definition) is 1. The number of benzene rings is 1. The molecule has 0 radical (unpaired) electrons. The molecule has 0 aliphatic carbocycles. The molecule has 0 fully saturated rings. The first kappa shape index (κ1) is 12.3. The molecule has 1 heterocycles. The zero-order chi connectivity index (χ0) is 12.4. The molecule has 0 bridgehead atoms. The molecule has 1 aromatic heterocycles. The van der Waals surface area contributed by atoms with E-state index in [1.165, 1.54) is 0 Å². The van der Waals surface area contributed by atoms with Crippen molar-refractivity contribution in [3.8, 4) is 5.88 Å². The van der Waals surface area contributed by atoms with Crippen LogP contribution in [0.15, 0.2) is 22.7 Å². The van der Waals surface area contributed by atoms with Crippen LogP contribution in [-0.4, -0.2) is 17.7 Å². The third-order valence-corrected chi connectivity index (χ3v) is 3.14. The van der Waals surface area contributed by atoms with Crippen molar-refractivity contribution < 1.29 is 14.3 Å². The number of ether oxygens (including phenoxy) is 2. The summed E-state index contributed by atoms with van der Waals surface area (Å²) in [6, 6.07) is 5.33. The van der Waals surface area contributed by atoms with Gasteiger partial charge in [0.25, 0.3) is 0 Å². The van der Waals surface area contributed by atoms with Gasteiger partial charge >= 0.3 is 6.16 Å². The molecule has 2 rings (SSSR count). The van der Waals surface area contributed by atoms with Crippen molar-refractivity contribution in [2.45, 2.75) is 6.92 Å². The number of halogens is 2. The molecular weight excluding hydrogens is 309 g/mol. The monoisotopic (exact) mass is 317 g/mol. The van der Waals surface area contributed by atoms with Gasteiger partial charge in [-0.25, -0.2) is 4.79 Å². The maximum atomic E-state index is 11.2. The van der Waals surface area contributed by atoms with Gasteiger partial charge in [0.15, 0.2) is 0 Å². The third kappa shape index (κ3) is 2.56. The van der Waals surface area contributed by atoms with E-state index >= 15 is 0 Å². The topological polar surface area (TPSA) is 51.3 Å². The van der Waals surface area contributed by atoms with Crippen molar-refractivity contribution in [3.05, 3.63) is 27.7 Å². The van der Waals surface area contributed by atoms with Crippen LogP contribution in [0, 0.1) is 0 Å². The fourth-order valence-electron chi connectivity index (χ4n) is 1.41. The molecule has 90 valence electrons. The number of rotatable bonds is 2. The van der Waals surface area contributed by atoms with Crippen molar-refractivity contribution >= 4 is 44.6 Å². The highest BCUT2D eigenvalue weighted by Crippen LogP contribution is 2.34. The Morgan fingerprint density at radius 1 is 1.53 bits per heavy atom. The van der Waals surface area contributed by atoms with Crippen LogP contribution in [0.2, 0.25) is 5.02 Å². The number of nitrogens with one attached hydrogen (secondary N) is 1. The number of aromatic nitrogens is 1. The van der Waals surface area contributed by atoms with Gasteiger partial charge in [0.1, 0.15) is 0 Å². The van der Waals surface area contributed by atoms with E-state index < -0.39 is 6.16 Å². The van der Waals surface area contributed by atoms with Gasteiger partial charge in [-0.2, -0.15) is 0 Å². The van der Waals surface area contributed by atoms with Crippen LogP contribution >= 0.6 is 27.5 Å². The van der Waals surface area contributed by atoms with Gasteiger partial charge in [-0.05, 0) is 41.1 Å². The highest BCUT2D eigenvalue weighted by atomic mass is 79.9. The van der Waals surface area contributed by atoms with Gasteiger partial charge in [-0.3, -0.25) is 0 Å². The average Bonchev–Trinajstić information content (AvgIpc) is 2.57. The number of aromatic amines is 1. The lowest BCUT2D eigenvalue weighted by molar-refractivity contribution is 0.103. The second kappa shape index (κ2) is 4.98. The van der Waals surface area contributed by atoms with E-state index in [9.17, 15) is 4.79 Å². The smallest absolute Gasteiger partial charge is 0.434 e. The van der Waals surface area contributed by atoms with Gasteiger partial charge < -0.3 is 14.5 Å². The highest BCUT2D eigenvalue weighted by molar-refractivity contribution is 9.10. The lowest BCUT2D eigenvalue weighted by Crippen LogP contribution is -2.10. The molecule has 2 aromatic rings. The molecule has 0 saturated carbocycles. The Kier molecular flexibility index (Phi) is 3.59. The van der Waals surface area contributed by atoms with Crippen LogP contribution in [0.5, 0.6) is 5.88 Å². The molecule has 0 aliphatic rings. The zero-order valence-corrected chi connectivity index (χ0v) is 11.3. The van der Waals surface area contributed by atoms with Crippen molar-refractivity contribution in [2.24, 2.45) is 0 Å². The van der Waals surface area contributed by atoms with Crippen LogP contribution in [-0.2, 0) is 4.74 Å². The van der Waals surface area contributed by atoms with E-state index in [2.05, 4.69) is 20.9 Å². The van der Waals surface area contributed by atoms with Crippen LogP contribution in [0.25, 0.3) is 10.9 Å². The normalized spacial score (nSPS) is 10.5. The standard InChI is InChI=1S/C11H9BrClNO3/c1-2-16-11(15)17-10-9(12)7-5-6(13)3-4-8(7)14-10/h3-5,14H,2H2,1H3. The van der Waals surface area contributed by atoms with Crippen LogP contribution < -0.4 is 4.74 Å². The molecule has 0 aliphatic heterocycles. The minimum Gasteiger partial charge on any atom is -0.434 e. The number of hydrogen-bond acceptors (Lipinski definition) is 3. The first-order valence-electron chi connectivity index (χ1n) is 4.93. The van der Waals surface area contributed by atoms with Crippen LogP contribution in [0.3, 0.4) is 0 Å². The van der Waals surface area contributed by atoms with E-state index in [4.69, 9.17) is 21.1 Å². The molecule has 17 heavy (non-hydrogen) atoms. The maximum absolute atomic E-state index is 11.2. The van der Waals surface area contributed by atoms with Gasteiger partial charge in [0, 0.05) is 15.9 Å². The van der Waals surface area contributed by atoms with Crippen molar-refractivity contribution in [1.29, 1.82) is 0 Å². The minimum atomic E-state index is -0.745. The van der Waals surface area contributed by atoms with Gasteiger partial charge in [-0.15, -0.1) is 0 Å². The molecule has 0 atom stereocenters. The molecule has 6 heteroatoms. The van der Waals surface area contributed by atoms with E-state index in [1.54, 1.807) is 25.1 Å². The largest absolute Gasteiger partial charge is 0.515 e.